The summed E-state index contributed by atoms with van der Waals surface area (Å²) in [7, 11) is 0. The zero-order valence-electron chi connectivity index (χ0n) is 9.01. The quantitative estimate of drug-likeness (QED) is 0.701. The first-order valence-corrected chi connectivity index (χ1v) is 5.16. The molecule has 0 unspecified atom stereocenters. The van der Waals surface area contributed by atoms with Gasteiger partial charge in [0.2, 0.25) is 5.91 Å². The number of amides is 1. The molecule has 1 aromatic rings. The van der Waals surface area contributed by atoms with Crippen LogP contribution in [0.25, 0.3) is 0 Å². The number of nitrogens with zero attached hydrogens (tertiary/aromatic N) is 1. The highest BCUT2D eigenvalue weighted by Crippen LogP contribution is 2.29. The van der Waals surface area contributed by atoms with Crippen molar-refractivity contribution in [3.05, 3.63) is 35.9 Å². The van der Waals surface area contributed by atoms with Crippen molar-refractivity contribution in [3.63, 3.8) is 0 Å². The summed E-state index contributed by atoms with van der Waals surface area (Å²) >= 11 is 0. The molecule has 0 radical (unpaired) electrons. The fraction of sp³-hybridized carbons (Fsp3) is 0.417. The number of carbonyl (C=O) groups is 1. The first-order chi connectivity index (χ1) is 7.18. The highest BCUT2D eigenvalue weighted by molar-refractivity contribution is 5.74. The zero-order valence-corrected chi connectivity index (χ0v) is 9.01. The molecule has 1 aliphatic heterocycles. The Hall–Kier alpha value is -1.35. The lowest BCUT2D eigenvalue weighted by Crippen LogP contribution is -2.29. The molecular weight excluding hydrogens is 190 g/mol. The van der Waals surface area contributed by atoms with E-state index in [2.05, 4.69) is 0 Å². The minimum absolute atomic E-state index is 0.0632. The second-order valence-corrected chi connectivity index (χ2v) is 3.88. The van der Waals surface area contributed by atoms with Crippen LogP contribution < -0.4 is 0 Å². The molecule has 1 aromatic carbocycles. The van der Waals surface area contributed by atoms with Gasteiger partial charge in [0.05, 0.1) is 6.10 Å². The minimum Gasteiger partial charge on any atom is -0.349 e. The molecule has 0 N–H and O–H groups in total. The van der Waals surface area contributed by atoms with Crippen LogP contribution in [0.5, 0.6) is 0 Å². The van der Waals surface area contributed by atoms with E-state index < -0.39 is 0 Å². The Morgan fingerprint density at radius 2 is 2.07 bits per heavy atom. The lowest BCUT2D eigenvalue weighted by Gasteiger charge is -2.21. The second kappa shape index (κ2) is 4.03. The third-order valence-corrected chi connectivity index (χ3v) is 2.59. The van der Waals surface area contributed by atoms with Crippen molar-refractivity contribution in [2.45, 2.75) is 26.2 Å². The molecule has 3 heteroatoms. The standard InChI is InChI=1S/C12H15NO2/c1-9-8-13(10(2)14)12(15-9)11-6-4-3-5-7-11/h3-7,9,12H,8H2,1-2H3/t9-,12-/m0/s1. The van der Waals surface area contributed by atoms with E-state index in [9.17, 15) is 4.79 Å². The van der Waals surface area contributed by atoms with Gasteiger partial charge < -0.3 is 9.64 Å². The van der Waals surface area contributed by atoms with Gasteiger partial charge in [-0.25, -0.2) is 0 Å². The summed E-state index contributed by atoms with van der Waals surface area (Å²) in [4.78, 5) is 13.2. The van der Waals surface area contributed by atoms with Crippen LogP contribution in [0.4, 0.5) is 0 Å². The van der Waals surface area contributed by atoms with Crippen molar-refractivity contribution >= 4 is 5.91 Å². The van der Waals surface area contributed by atoms with Gasteiger partial charge in [0, 0.05) is 19.0 Å². The molecule has 0 aliphatic carbocycles. The van der Waals surface area contributed by atoms with Gasteiger partial charge in [-0.15, -0.1) is 0 Å². The Balaban J connectivity index is 2.24. The monoisotopic (exact) mass is 205 g/mol. The maximum atomic E-state index is 11.4. The van der Waals surface area contributed by atoms with Gasteiger partial charge in [0.1, 0.15) is 0 Å². The molecule has 80 valence electrons. The average Bonchev–Trinajstić information content (AvgIpc) is 2.62. The molecular formula is C12H15NO2. The van der Waals surface area contributed by atoms with E-state index in [-0.39, 0.29) is 18.2 Å². The average molecular weight is 205 g/mol. The van der Waals surface area contributed by atoms with Gasteiger partial charge in [0.15, 0.2) is 6.23 Å². The van der Waals surface area contributed by atoms with E-state index >= 15 is 0 Å². The van der Waals surface area contributed by atoms with Crippen LogP contribution in [0.1, 0.15) is 25.6 Å². The first-order valence-electron chi connectivity index (χ1n) is 5.16. The van der Waals surface area contributed by atoms with Gasteiger partial charge in [-0.05, 0) is 6.92 Å². The molecule has 0 spiro atoms. The molecule has 1 heterocycles. The molecule has 2 atom stereocenters. The third kappa shape index (κ3) is 2.02. The molecule has 3 nitrogen and oxygen atoms in total. The first kappa shape index (κ1) is 10.2. The van der Waals surface area contributed by atoms with Crippen LogP contribution in [-0.4, -0.2) is 23.5 Å². The Labute approximate surface area is 89.7 Å². The Morgan fingerprint density at radius 3 is 2.67 bits per heavy atom. The van der Waals surface area contributed by atoms with Gasteiger partial charge >= 0.3 is 0 Å². The summed E-state index contributed by atoms with van der Waals surface area (Å²) in [5.41, 5.74) is 1.04. The van der Waals surface area contributed by atoms with Crippen LogP contribution in [-0.2, 0) is 9.53 Å². The Bertz CT molecular complexity index is 350. The fourth-order valence-corrected chi connectivity index (χ4v) is 1.88. The van der Waals surface area contributed by atoms with Crippen LogP contribution in [0, 0.1) is 0 Å². The normalized spacial score (nSPS) is 25.6. The summed E-state index contributed by atoms with van der Waals surface area (Å²) in [6.45, 7) is 4.24. The zero-order chi connectivity index (χ0) is 10.8. The smallest absolute Gasteiger partial charge is 0.221 e. The number of ether oxygens (including phenoxy) is 1. The van der Waals surface area contributed by atoms with Gasteiger partial charge in [-0.2, -0.15) is 0 Å². The molecule has 0 bridgehead atoms. The summed E-state index contributed by atoms with van der Waals surface area (Å²) in [5, 5.41) is 0. The van der Waals surface area contributed by atoms with E-state index in [1.807, 2.05) is 37.3 Å². The number of benzene rings is 1. The van der Waals surface area contributed by atoms with Crippen molar-refractivity contribution in [3.8, 4) is 0 Å². The Kier molecular flexibility index (Phi) is 2.73. The molecule has 1 saturated heterocycles. The summed E-state index contributed by atoms with van der Waals surface area (Å²) in [6.07, 6.45) is -0.0993. The molecule has 0 saturated carbocycles. The maximum absolute atomic E-state index is 11.4. The molecule has 1 fully saturated rings. The Morgan fingerprint density at radius 1 is 1.40 bits per heavy atom. The van der Waals surface area contributed by atoms with E-state index in [0.29, 0.717) is 6.54 Å². The van der Waals surface area contributed by atoms with Crippen LogP contribution in [0.15, 0.2) is 30.3 Å². The number of carbonyl (C=O) groups excluding carboxylic acids is 1. The molecule has 0 aromatic heterocycles. The molecule has 2 rings (SSSR count). The summed E-state index contributed by atoms with van der Waals surface area (Å²) < 4.78 is 5.73. The SMILES string of the molecule is CC(=O)N1C[C@H](C)O[C@H]1c1ccccc1. The molecule has 1 aliphatic rings. The van der Waals surface area contributed by atoms with Crippen molar-refractivity contribution < 1.29 is 9.53 Å². The molecule has 15 heavy (non-hydrogen) atoms. The summed E-state index contributed by atoms with van der Waals surface area (Å²) in [5.74, 6) is 0.0632. The highest BCUT2D eigenvalue weighted by atomic mass is 16.5. The summed E-state index contributed by atoms with van der Waals surface area (Å²) in [6, 6.07) is 9.84. The second-order valence-electron chi connectivity index (χ2n) is 3.88. The van der Waals surface area contributed by atoms with Crippen molar-refractivity contribution in [2.24, 2.45) is 0 Å². The lowest BCUT2D eigenvalue weighted by molar-refractivity contribution is -0.134. The number of hydrogen-bond donors (Lipinski definition) is 0. The predicted octanol–water partition coefficient (Wildman–Crippen LogP) is 1.95. The largest absolute Gasteiger partial charge is 0.349 e. The van der Waals surface area contributed by atoms with Crippen LogP contribution in [0.2, 0.25) is 0 Å². The third-order valence-electron chi connectivity index (χ3n) is 2.59. The van der Waals surface area contributed by atoms with Crippen molar-refractivity contribution in [2.75, 3.05) is 6.54 Å². The van der Waals surface area contributed by atoms with Gasteiger partial charge in [-0.3, -0.25) is 4.79 Å². The fourth-order valence-electron chi connectivity index (χ4n) is 1.88. The molecule has 1 amide bonds. The van der Waals surface area contributed by atoms with Gasteiger partial charge in [-0.1, -0.05) is 30.3 Å². The van der Waals surface area contributed by atoms with Crippen molar-refractivity contribution in [1.82, 2.24) is 4.90 Å². The van der Waals surface area contributed by atoms with E-state index in [1.165, 1.54) is 0 Å². The number of rotatable bonds is 1. The van der Waals surface area contributed by atoms with E-state index in [0.717, 1.165) is 5.56 Å². The van der Waals surface area contributed by atoms with Crippen LogP contribution >= 0.6 is 0 Å². The lowest BCUT2D eigenvalue weighted by atomic mass is 10.2. The highest BCUT2D eigenvalue weighted by Gasteiger charge is 2.32. The predicted molar refractivity (Wildman–Crippen MR) is 57.1 cm³/mol. The van der Waals surface area contributed by atoms with E-state index in [4.69, 9.17) is 4.74 Å². The van der Waals surface area contributed by atoms with Crippen molar-refractivity contribution in [1.29, 1.82) is 0 Å². The van der Waals surface area contributed by atoms with Gasteiger partial charge in [0.25, 0.3) is 0 Å². The minimum atomic E-state index is -0.210. The van der Waals surface area contributed by atoms with E-state index in [1.54, 1.807) is 11.8 Å². The number of hydrogen-bond acceptors (Lipinski definition) is 2. The topological polar surface area (TPSA) is 29.5 Å². The van der Waals surface area contributed by atoms with Crippen LogP contribution in [0.3, 0.4) is 0 Å². The maximum Gasteiger partial charge on any atom is 0.221 e.